The minimum Gasteiger partial charge on any atom is -0.347 e. The van der Waals surface area contributed by atoms with Gasteiger partial charge in [-0.1, -0.05) is 39.0 Å². The molecular formula is C17H22N2. The summed E-state index contributed by atoms with van der Waals surface area (Å²) in [5.74, 6) is 0. The van der Waals surface area contributed by atoms with E-state index in [9.17, 15) is 0 Å². The average Bonchev–Trinajstić information content (AvgIpc) is 2.85. The van der Waals surface area contributed by atoms with Gasteiger partial charge in [-0.25, -0.2) is 0 Å². The van der Waals surface area contributed by atoms with Crippen LogP contribution < -0.4 is 0 Å². The summed E-state index contributed by atoms with van der Waals surface area (Å²) in [4.78, 5) is 0. The van der Waals surface area contributed by atoms with Crippen LogP contribution >= 0.6 is 0 Å². The lowest BCUT2D eigenvalue weighted by atomic mass is 10.1. The Balaban J connectivity index is 1.89. The van der Waals surface area contributed by atoms with E-state index in [0.29, 0.717) is 0 Å². The van der Waals surface area contributed by atoms with E-state index >= 15 is 0 Å². The zero-order valence-electron chi connectivity index (χ0n) is 11.7. The molecule has 0 spiro atoms. The Hall–Kier alpha value is -1.75. The number of rotatable bonds is 7. The van der Waals surface area contributed by atoms with Crippen LogP contribution in [0, 0.1) is 11.3 Å². The highest BCUT2D eigenvalue weighted by Gasteiger charge is 2.01. The molecule has 0 saturated heterocycles. The molecule has 0 amide bonds. The quantitative estimate of drug-likeness (QED) is 0.648. The van der Waals surface area contributed by atoms with E-state index in [0.717, 1.165) is 12.1 Å². The number of hydrogen-bond acceptors (Lipinski definition) is 1. The number of nitriles is 1. The predicted octanol–water partition coefficient (Wildman–Crippen LogP) is 4.87. The number of fused-ring (bicyclic) bond motifs is 1. The topological polar surface area (TPSA) is 28.7 Å². The van der Waals surface area contributed by atoms with E-state index in [1.165, 1.54) is 49.4 Å². The molecule has 100 valence electrons. The van der Waals surface area contributed by atoms with Crippen molar-refractivity contribution in [3.05, 3.63) is 36.0 Å². The summed E-state index contributed by atoms with van der Waals surface area (Å²) in [5.41, 5.74) is 1.98. The fourth-order valence-corrected chi connectivity index (χ4v) is 2.53. The van der Waals surface area contributed by atoms with Crippen LogP contribution in [0.1, 0.15) is 51.0 Å². The first kappa shape index (κ1) is 13.7. The molecule has 0 radical (unpaired) electrons. The Morgan fingerprint density at radius 2 is 1.84 bits per heavy atom. The van der Waals surface area contributed by atoms with Gasteiger partial charge in [0.25, 0.3) is 0 Å². The van der Waals surface area contributed by atoms with Crippen molar-refractivity contribution < 1.29 is 0 Å². The second kappa shape index (κ2) is 6.99. The molecule has 0 unspecified atom stereocenters. The SMILES string of the molecule is CCCCCCCCn1ccc2cc(C#N)ccc21. The summed E-state index contributed by atoms with van der Waals surface area (Å²) in [7, 11) is 0. The Bertz CT molecular complexity index is 560. The highest BCUT2D eigenvalue weighted by atomic mass is 14.9. The van der Waals surface area contributed by atoms with Gasteiger partial charge in [-0.15, -0.1) is 0 Å². The molecular weight excluding hydrogens is 232 g/mol. The molecule has 2 aromatic rings. The fraction of sp³-hybridized carbons (Fsp3) is 0.471. The molecule has 0 aliphatic heterocycles. The van der Waals surface area contributed by atoms with Crippen LogP contribution in [-0.4, -0.2) is 4.57 Å². The molecule has 1 aromatic carbocycles. The maximum absolute atomic E-state index is 8.89. The molecule has 0 aliphatic rings. The second-order valence-electron chi connectivity index (χ2n) is 5.16. The molecule has 0 atom stereocenters. The number of nitrogens with zero attached hydrogens (tertiary/aromatic N) is 2. The molecule has 0 N–H and O–H groups in total. The Morgan fingerprint density at radius 3 is 2.63 bits per heavy atom. The first-order valence-electron chi connectivity index (χ1n) is 7.34. The number of unbranched alkanes of at least 4 members (excludes halogenated alkanes) is 5. The number of benzene rings is 1. The van der Waals surface area contributed by atoms with Crippen molar-refractivity contribution in [1.29, 1.82) is 5.26 Å². The van der Waals surface area contributed by atoms with Crippen molar-refractivity contribution in [2.24, 2.45) is 0 Å². The second-order valence-corrected chi connectivity index (χ2v) is 5.16. The third kappa shape index (κ3) is 3.61. The molecule has 0 bridgehead atoms. The van der Waals surface area contributed by atoms with Crippen LogP contribution in [0.25, 0.3) is 10.9 Å². The summed E-state index contributed by atoms with van der Waals surface area (Å²) in [6, 6.07) is 10.2. The largest absolute Gasteiger partial charge is 0.347 e. The molecule has 2 rings (SSSR count). The number of aromatic nitrogens is 1. The van der Waals surface area contributed by atoms with Crippen LogP contribution in [0.5, 0.6) is 0 Å². The van der Waals surface area contributed by atoms with Crippen LogP contribution in [-0.2, 0) is 6.54 Å². The summed E-state index contributed by atoms with van der Waals surface area (Å²) in [5, 5.41) is 10.1. The lowest BCUT2D eigenvalue weighted by Crippen LogP contribution is -1.96. The van der Waals surface area contributed by atoms with E-state index in [2.05, 4.69) is 35.9 Å². The van der Waals surface area contributed by atoms with Crippen molar-refractivity contribution in [3.63, 3.8) is 0 Å². The molecule has 0 aliphatic carbocycles. The normalized spacial score (nSPS) is 10.7. The van der Waals surface area contributed by atoms with Crippen molar-refractivity contribution in [2.75, 3.05) is 0 Å². The van der Waals surface area contributed by atoms with E-state index in [1.54, 1.807) is 0 Å². The Labute approximate surface area is 115 Å². The van der Waals surface area contributed by atoms with Crippen molar-refractivity contribution in [3.8, 4) is 6.07 Å². The van der Waals surface area contributed by atoms with Crippen LogP contribution in [0.2, 0.25) is 0 Å². The maximum atomic E-state index is 8.89. The lowest BCUT2D eigenvalue weighted by molar-refractivity contribution is 0.565. The lowest BCUT2D eigenvalue weighted by Gasteiger charge is -2.05. The molecule has 0 saturated carbocycles. The summed E-state index contributed by atoms with van der Waals surface area (Å²) in [6.07, 6.45) is 10.1. The van der Waals surface area contributed by atoms with Gasteiger partial charge in [0.2, 0.25) is 0 Å². The van der Waals surface area contributed by atoms with Gasteiger partial charge in [0, 0.05) is 23.6 Å². The summed E-state index contributed by atoms with van der Waals surface area (Å²) in [6.45, 7) is 3.34. The number of hydrogen-bond donors (Lipinski definition) is 0. The van der Waals surface area contributed by atoms with E-state index in [-0.39, 0.29) is 0 Å². The van der Waals surface area contributed by atoms with Gasteiger partial charge in [0.1, 0.15) is 0 Å². The minimum atomic E-state index is 0.741. The average molecular weight is 254 g/mol. The third-order valence-electron chi connectivity index (χ3n) is 3.65. The van der Waals surface area contributed by atoms with Gasteiger partial charge in [0.05, 0.1) is 11.6 Å². The zero-order chi connectivity index (χ0) is 13.5. The highest BCUT2D eigenvalue weighted by Crippen LogP contribution is 2.18. The first-order chi connectivity index (χ1) is 9.35. The number of aryl methyl sites for hydroxylation is 1. The standard InChI is InChI=1S/C17H22N2/c1-2-3-4-5-6-7-11-19-12-10-16-13-15(14-18)8-9-17(16)19/h8-10,12-13H,2-7,11H2,1H3. The van der Waals surface area contributed by atoms with E-state index in [4.69, 9.17) is 5.26 Å². The maximum Gasteiger partial charge on any atom is 0.0991 e. The zero-order valence-corrected chi connectivity index (χ0v) is 11.7. The van der Waals surface area contributed by atoms with Crippen LogP contribution in [0.15, 0.2) is 30.5 Å². The molecule has 1 heterocycles. The van der Waals surface area contributed by atoms with E-state index < -0.39 is 0 Å². The monoisotopic (exact) mass is 254 g/mol. The van der Waals surface area contributed by atoms with Gasteiger partial charge in [-0.2, -0.15) is 5.26 Å². The Morgan fingerprint density at radius 1 is 1.05 bits per heavy atom. The first-order valence-corrected chi connectivity index (χ1v) is 7.34. The summed E-state index contributed by atoms with van der Waals surface area (Å²) < 4.78 is 2.30. The molecule has 19 heavy (non-hydrogen) atoms. The van der Waals surface area contributed by atoms with Crippen molar-refractivity contribution in [2.45, 2.75) is 52.0 Å². The van der Waals surface area contributed by atoms with Crippen molar-refractivity contribution in [1.82, 2.24) is 4.57 Å². The van der Waals surface area contributed by atoms with Gasteiger partial charge in [-0.3, -0.25) is 0 Å². The molecule has 2 nitrogen and oxygen atoms in total. The van der Waals surface area contributed by atoms with Gasteiger partial charge < -0.3 is 4.57 Å². The van der Waals surface area contributed by atoms with Crippen LogP contribution in [0.4, 0.5) is 0 Å². The predicted molar refractivity (Wildman–Crippen MR) is 80.0 cm³/mol. The highest BCUT2D eigenvalue weighted by molar-refractivity contribution is 5.81. The third-order valence-corrected chi connectivity index (χ3v) is 3.65. The van der Waals surface area contributed by atoms with Gasteiger partial charge >= 0.3 is 0 Å². The smallest absolute Gasteiger partial charge is 0.0991 e. The molecule has 2 heteroatoms. The van der Waals surface area contributed by atoms with Crippen molar-refractivity contribution >= 4 is 10.9 Å². The minimum absolute atomic E-state index is 0.741. The molecule has 1 aromatic heterocycles. The van der Waals surface area contributed by atoms with Gasteiger partial charge in [-0.05, 0) is 30.7 Å². The van der Waals surface area contributed by atoms with E-state index in [1.807, 2.05) is 12.1 Å². The Kier molecular flexibility index (Phi) is 5.03. The van der Waals surface area contributed by atoms with Crippen LogP contribution in [0.3, 0.4) is 0 Å². The molecule has 0 fully saturated rings. The fourth-order valence-electron chi connectivity index (χ4n) is 2.53. The van der Waals surface area contributed by atoms with Gasteiger partial charge in [0.15, 0.2) is 0 Å². The summed E-state index contributed by atoms with van der Waals surface area (Å²) >= 11 is 0.